The van der Waals surface area contributed by atoms with E-state index in [9.17, 15) is 14.7 Å². The molecule has 1 heterocycles. The van der Waals surface area contributed by atoms with Gasteiger partial charge in [-0.2, -0.15) is 0 Å². The van der Waals surface area contributed by atoms with Crippen LogP contribution in [0.4, 0.5) is 0 Å². The number of carbonyl (C=O) groups is 2. The van der Waals surface area contributed by atoms with Crippen LogP contribution in [0.2, 0.25) is 0 Å². The van der Waals surface area contributed by atoms with Gasteiger partial charge in [0.1, 0.15) is 6.04 Å². The molecule has 0 saturated carbocycles. The number of benzene rings is 1. The number of aryl methyl sites for hydroxylation is 1. The second-order valence-electron chi connectivity index (χ2n) is 5.32. The van der Waals surface area contributed by atoms with E-state index in [-0.39, 0.29) is 11.8 Å². The number of nitrogens with zero attached hydrogens (tertiary/aromatic N) is 1. The Balaban J connectivity index is 2.16. The maximum absolute atomic E-state index is 12.0. The van der Waals surface area contributed by atoms with Crippen LogP contribution in [-0.4, -0.2) is 40.3 Å². The van der Waals surface area contributed by atoms with Crippen molar-refractivity contribution in [2.45, 2.75) is 25.8 Å². The van der Waals surface area contributed by atoms with Gasteiger partial charge in [0.25, 0.3) is 0 Å². The minimum atomic E-state index is -0.963. The minimum Gasteiger partial charge on any atom is -0.480 e. The van der Waals surface area contributed by atoms with E-state index in [0.29, 0.717) is 25.3 Å². The van der Waals surface area contributed by atoms with Crippen LogP contribution in [0.5, 0.6) is 0 Å². The van der Waals surface area contributed by atoms with Crippen LogP contribution >= 0.6 is 11.6 Å². The van der Waals surface area contributed by atoms with Crippen molar-refractivity contribution < 1.29 is 14.7 Å². The maximum Gasteiger partial charge on any atom is 0.326 e. The second kappa shape index (κ2) is 6.27. The van der Waals surface area contributed by atoms with Crippen molar-refractivity contribution in [1.29, 1.82) is 0 Å². The number of amides is 1. The third-order valence-electron chi connectivity index (χ3n) is 3.63. The molecule has 1 saturated heterocycles. The summed E-state index contributed by atoms with van der Waals surface area (Å²) in [5.74, 6) is -0.631. The van der Waals surface area contributed by atoms with Crippen LogP contribution in [0.3, 0.4) is 0 Å². The summed E-state index contributed by atoms with van der Waals surface area (Å²) in [5, 5.41) is 9.41. The molecule has 0 aliphatic carbocycles. The molecule has 20 heavy (non-hydrogen) atoms. The van der Waals surface area contributed by atoms with Gasteiger partial charge < -0.3 is 10.0 Å². The summed E-state index contributed by atoms with van der Waals surface area (Å²) < 4.78 is 0. The van der Waals surface area contributed by atoms with Crippen molar-refractivity contribution in [3.8, 4) is 0 Å². The first-order valence-electron chi connectivity index (χ1n) is 6.65. The molecule has 4 nitrogen and oxygen atoms in total. The molecule has 1 aliphatic heterocycles. The Morgan fingerprint density at radius 1 is 1.55 bits per heavy atom. The predicted molar refractivity (Wildman–Crippen MR) is 76.8 cm³/mol. The van der Waals surface area contributed by atoms with Gasteiger partial charge in [-0.25, -0.2) is 4.79 Å². The normalized spacial score (nSPS) is 20.2. The molecule has 5 heteroatoms. The molecule has 1 fully saturated rings. The van der Waals surface area contributed by atoms with Gasteiger partial charge in [-0.1, -0.05) is 29.8 Å². The molecule has 1 amide bonds. The fourth-order valence-corrected chi connectivity index (χ4v) is 2.81. The molecule has 2 atom stereocenters. The lowest BCUT2D eigenvalue weighted by molar-refractivity contribution is -0.148. The third-order valence-corrected chi connectivity index (χ3v) is 4.07. The van der Waals surface area contributed by atoms with Crippen LogP contribution in [0.25, 0.3) is 0 Å². The van der Waals surface area contributed by atoms with Crippen molar-refractivity contribution in [3.05, 3.63) is 35.4 Å². The van der Waals surface area contributed by atoms with Crippen molar-refractivity contribution in [1.82, 2.24) is 4.90 Å². The molecule has 1 aromatic rings. The van der Waals surface area contributed by atoms with Crippen LogP contribution in [0.15, 0.2) is 24.3 Å². The zero-order valence-corrected chi connectivity index (χ0v) is 12.1. The smallest absolute Gasteiger partial charge is 0.326 e. The molecule has 0 aromatic heterocycles. The number of carboxylic acids is 1. The first-order chi connectivity index (χ1) is 9.51. The van der Waals surface area contributed by atoms with Crippen molar-refractivity contribution >= 4 is 23.5 Å². The molecular formula is C15H18ClNO3. The zero-order valence-electron chi connectivity index (χ0n) is 11.4. The van der Waals surface area contributed by atoms with Gasteiger partial charge in [-0.15, -0.1) is 11.6 Å². The number of halogens is 1. The number of hydrogen-bond acceptors (Lipinski definition) is 2. The summed E-state index contributed by atoms with van der Waals surface area (Å²) in [6.45, 7) is 2.40. The van der Waals surface area contributed by atoms with Crippen molar-refractivity contribution in [2.24, 2.45) is 5.92 Å². The first kappa shape index (κ1) is 14.9. The number of carbonyl (C=O) groups excluding carboxylic acids is 1. The lowest BCUT2D eigenvalue weighted by atomic mass is 10.0. The van der Waals surface area contributed by atoms with Gasteiger partial charge in [-0.05, 0) is 18.4 Å². The van der Waals surface area contributed by atoms with E-state index in [0.717, 1.165) is 11.1 Å². The fourth-order valence-electron chi connectivity index (χ4n) is 2.61. The quantitative estimate of drug-likeness (QED) is 0.846. The number of aliphatic carboxylic acids is 1. The molecular weight excluding hydrogens is 278 g/mol. The number of hydrogen-bond donors (Lipinski definition) is 1. The van der Waals surface area contributed by atoms with E-state index < -0.39 is 12.0 Å². The van der Waals surface area contributed by atoms with E-state index in [4.69, 9.17) is 11.6 Å². The molecule has 108 valence electrons. The second-order valence-corrected chi connectivity index (χ2v) is 5.63. The van der Waals surface area contributed by atoms with E-state index in [1.165, 1.54) is 4.90 Å². The van der Waals surface area contributed by atoms with E-state index in [2.05, 4.69) is 0 Å². The van der Waals surface area contributed by atoms with Gasteiger partial charge in [0, 0.05) is 25.3 Å². The lowest BCUT2D eigenvalue weighted by Crippen LogP contribution is -2.43. The van der Waals surface area contributed by atoms with Gasteiger partial charge >= 0.3 is 5.97 Å². The maximum atomic E-state index is 12.0. The summed E-state index contributed by atoms with van der Waals surface area (Å²) in [5.41, 5.74) is 2.01. The average Bonchev–Trinajstić information content (AvgIpc) is 2.77. The molecule has 0 radical (unpaired) electrons. The Morgan fingerprint density at radius 3 is 2.85 bits per heavy atom. The highest BCUT2D eigenvalue weighted by atomic mass is 35.5. The Morgan fingerprint density at radius 2 is 2.30 bits per heavy atom. The number of carboxylic acid groups (broad SMARTS) is 1. The van der Waals surface area contributed by atoms with Gasteiger partial charge in [-0.3, -0.25) is 4.79 Å². The largest absolute Gasteiger partial charge is 0.480 e. The molecule has 1 aliphatic rings. The van der Waals surface area contributed by atoms with Crippen LogP contribution < -0.4 is 0 Å². The Bertz CT molecular complexity index is 518. The molecule has 1 unspecified atom stereocenters. The van der Waals surface area contributed by atoms with Crippen LogP contribution in [0, 0.1) is 12.8 Å². The molecule has 1 aromatic carbocycles. The molecule has 0 spiro atoms. The Kier molecular flexibility index (Phi) is 4.65. The predicted octanol–water partition coefficient (Wildman–Crippen LogP) is 2.08. The van der Waals surface area contributed by atoms with Crippen molar-refractivity contribution in [3.63, 3.8) is 0 Å². The fraction of sp³-hybridized carbons (Fsp3) is 0.467. The highest BCUT2D eigenvalue weighted by molar-refractivity contribution is 6.18. The Labute approximate surface area is 123 Å². The van der Waals surface area contributed by atoms with Gasteiger partial charge in [0.05, 0.1) is 0 Å². The highest BCUT2D eigenvalue weighted by Crippen LogP contribution is 2.23. The third kappa shape index (κ3) is 3.31. The molecule has 1 N–H and O–H groups in total. The summed E-state index contributed by atoms with van der Waals surface area (Å²) in [4.78, 5) is 24.9. The SMILES string of the molecule is Cc1cccc(C[C@@H](C(=O)O)N2CC(CCl)CC2=O)c1. The summed E-state index contributed by atoms with van der Waals surface area (Å²) in [6, 6.07) is 6.90. The average molecular weight is 296 g/mol. The molecule has 0 bridgehead atoms. The van der Waals surface area contributed by atoms with E-state index >= 15 is 0 Å². The van der Waals surface area contributed by atoms with Gasteiger partial charge in [0.15, 0.2) is 0 Å². The van der Waals surface area contributed by atoms with Crippen LogP contribution in [0.1, 0.15) is 17.5 Å². The van der Waals surface area contributed by atoms with E-state index in [1.54, 1.807) is 0 Å². The topological polar surface area (TPSA) is 57.6 Å². The first-order valence-corrected chi connectivity index (χ1v) is 7.18. The summed E-state index contributed by atoms with van der Waals surface area (Å²) in [7, 11) is 0. The van der Waals surface area contributed by atoms with Gasteiger partial charge in [0.2, 0.25) is 5.91 Å². The Hall–Kier alpha value is -1.55. The standard InChI is InChI=1S/C15H18ClNO3/c1-10-3-2-4-11(5-10)6-13(15(19)20)17-9-12(8-16)7-14(17)18/h2-5,12-13H,6-9H2,1H3,(H,19,20)/t12?,13-/m0/s1. The number of likely N-dealkylation sites (tertiary alicyclic amines) is 1. The zero-order chi connectivity index (χ0) is 14.7. The highest BCUT2D eigenvalue weighted by Gasteiger charge is 2.37. The minimum absolute atomic E-state index is 0.0588. The lowest BCUT2D eigenvalue weighted by Gasteiger charge is -2.24. The van der Waals surface area contributed by atoms with Crippen LogP contribution in [-0.2, 0) is 16.0 Å². The van der Waals surface area contributed by atoms with Crippen molar-refractivity contribution in [2.75, 3.05) is 12.4 Å². The van der Waals surface area contributed by atoms with E-state index in [1.807, 2.05) is 31.2 Å². The molecule has 2 rings (SSSR count). The summed E-state index contributed by atoms with van der Waals surface area (Å²) in [6.07, 6.45) is 0.679. The summed E-state index contributed by atoms with van der Waals surface area (Å²) >= 11 is 5.78. The number of alkyl halides is 1. The number of rotatable bonds is 5. The monoisotopic (exact) mass is 295 g/mol.